The highest BCUT2D eigenvalue weighted by Crippen LogP contribution is 2.36. The summed E-state index contributed by atoms with van der Waals surface area (Å²) < 4.78 is 32.0. The van der Waals surface area contributed by atoms with Crippen LogP contribution < -0.4 is 4.74 Å². The largest absolute Gasteiger partial charge is 0.496 e. The SMILES string of the molecule is COc1ccc(F)cc1C(Cl)c1ccc(F)c(Br)c1. The Morgan fingerprint density at radius 3 is 2.53 bits per heavy atom. The van der Waals surface area contributed by atoms with Gasteiger partial charge in [-0.2, -0.15) is 0 Å². The molecular formula is C14H10BrClF2O. The fraction of sp³-hybridized carbons (Fsp3) is 0.143. The van der Waals surface area contributed by atoms with Gasteiger partial charge in [-0.05, 0) is 51.8 Å². The Kier molecular flexibility index (Phi) is 4.42. The third-order valence-electron chi connectivity index (χ3n) is 2.70. The smallest absolute Gasteiger partial charge is 0.137 e. The normalized spacial score (nSPS) is 12.3. The van der Waals surface area contributed by atoms with Crippen molar-refractivity contribution < 1.29 is 13.5 Å². The van der Waals surface area contributed by atoms with Crippen molar-refractivity contribution in [2.75, 3.05) is 7.11 Å². The van der Waals surface area contributed by atoms with Crippen LogP contribution in [0, 0.1) is 11.6 Å². The Hall–Kier alpha value is -1.13. The number of alkyl halides is 1. The molecule has 2 aromatic rings. The second kappa shape index (κ2) is 5.88. The van der Waals surface area contributed by atoms with E-state index in [0.717, 1.165) is 0 Å². The summed E-state index contributed by atoms with van der Waals surface area (Å²) in [4.78, 5) is 0. The molecule has 0 saturated heterocycles. The Labute approximate surface area is 123 Å². The molecule has 2 rings (SSSR count). The molecule has 0 aromatic heterocycles. The summed E-state index contributed by atoms with van der Waals surface area (Å²) in [6, 6.07) is 8.55. The van der Waals surface area contributed by atoms with Crippen LogP contribution in [0.4, 0.5) is 8.78 Å². The lowest BCUT2D eigenvalue weighted by Crippen LogP contribution is -1.99. The molecule has 0 aliphatic heterocycles. The molecule has 100 valence electrons. The maximum absolute atomic E-state index is 13.3. The van der Waals surface area contributed by atoms with Crippen molar-refractivity contribution in [3.8, 4) is 5.75 Å². The molecule has 0 fully saturated rings. The van der Waals surface area contributed by atoms with Gasteiger partial charge < -0.3 is 4.74 Å². The number of rotatable bonds is 3. The molecule has 0 radical (unpaired) electrons. The Bertz CT molecular complexity index is 604. The van der Waals surface area contributed by atoms with E-state index in [9.17, 15) is 8.78 Å². The Morgan fingerprint density at radius 2 is 1.89 bits per heavy atom. The summed E-state index contributed by atoms with van der Waals surface area (Å²) in [5, 5.41) is -0.623. The minimum atomic E-state index is -0.623. The van der Waals surface area contributed by atoms with Crippen LogP contribution in [-0.2, 0) is 0 Å². The van der Waals surface area contributed by atoms with Gasteiger partial charge in [0.1, 0.15) is 17.4 Å². The molecule has 0 saturated carbocycles. The van der Waals surface area contributed by atoms with Gasteiger partial charge in [0.05, 0.1) is 17.0 Å². The van der Waals surface area contributed by atoms with E-state index >= 15 is 0 Å². The number of halogens is 4. The maximum Gasteiger partial charge on any atom is 0.137 e. The summed E-state index contributed by atoms with van der Waals surface area (Å²) in [5.41, 5.74) is 1.15. The molecule has 19 heavy (non-hydrogen) atoms. The number of ether oxygens (including phenoxy) is 1. The lowest BCUT2D eigenvalue weighted by Gasteiger charge is -2.15. The molecule has 0 heterocycles. The molecule has 0 amide bonds. The fourth-order valence-corrected chi connectivity index (χ4v) is 2.46. The van der Waals surface area contributed by atoms with Crippen molar-refractivity contribution in [3.05, 3.63) is 63.6 Å². The minimum Gasteiger partial charge on any atom is -0.496 e. The van der Waals surface area contributed by atoms with Gasteiger partial charge in [0, 0.05) is 5.56 Å². The molecule has 2 aromatic carbocycles. The van der Waals surface area contributed by atoms with Crippen LogP contribution in [0.1, 0.15) is 16.5 Å². The zero-order chi connectivity index (χ0) is 14.0. The van der Waals surface area contributed by atoms with Crippen LogP contribution in [0.5, 0.6) is 5.75 Å². The molecule has 0 aliphatic carbocycles. The minimum absolute atomic E-state index is 0.311. The maximum atomic E-state index is 13.3. The second-order valence-electron chi connectivity index (χ2n) is 3.92. The van der Waals surface area contributed by atoms with Gasteiger partial charge in [-0.15, -0.1) is 11.6 Å². The molecule has 1 nitrogen and oxygen atoms in total. The molecule has 0 bridgehead atoms. The van der Waals surface area contributed by atoms with Crippen LogP contribution in [0.25, 0.3) is 0 Å². The quantitative estimate of drug-likeness (QED) is 0.705. The average Bonchev–Trinajstić information content (AvgIpc) is 2.41. The molecule has 0 spiro atoms. The molecule has 0 aliphatic rings. The first-order valence-corrected chi connectivity index (χ1v) is 6.68. The van der Waals surface area contributed by atoms with Crippen molar-refractivity contribution in [1.29, 1.82) is 0 Å². The third kappa shape index (κ3) is 3.07. The standard InChI is InChI=1S/C14H10BrClF2O/c1-19-13-5-3-9(17)7-10(13)14(16)8-2-4-12(18)11(15)6-8/h2-7,14H,1H3. The van der Waals surface area contributed by atoms with E-state index in [-0.39, 0.29) is 5.82 Å². The summed E-state index contributed by atoms with van der Waals surface area (Å²) in [6.45, 7) is 0. The first kappa shape index (κ1) is 14.3. The number of hydrogen-bond acceptors (Lipinski definition) is 1. The first-order valence-electron chi connectivity index (χ1n) is 5.45. The highest BCUT2D eigenvalue weighted by Gasteiger charge is 2.17. The lowest BCUT2D eigenvalue weighted by atomic mass is 10.0. The number of benzene rings is 2. The topological polar surface area (TPSA) is 9.23 Å². The molecular weight excluding hydrogens is 338 g/mol. The monoisotopic (exact) mass is 346 g/mol. The molecule has 1 atom stereocenters. The summed E-state index contributed by atoms with van der Waals surface area (Å²) in [6.07, 6.45) is 0. The zero-order valence-corrected chi connectivity index (χ0v) is 12.3. The number of hydrogen-bond donors (Lipinski definition) is 0. The molecule has 0 N–H and O–H groups in total. The van der Waals surface area contributed by atoms with Gasteiger partial charge >= 0.3 is 0 Å². The van der Waals surface area contributed by atoms with Gasteiger partial charge in [-0.25, -0.2) is 8.78 Å². The van der Waals surface area contributed by atoms with Crippen molar-refractivity contribution in [2.45, 2.75) is 5.38 Å². The van der Waals surface area contributed by atoms with Crippen LogP contribution in [0.3, 0.4) is 0 Å². The van der Waals surface area contributed by atoms with Crippen molar-refractivity contribution in [1.82, 2.24) is 0 Å². The second-order valence-corrected chi connectivity index (χ2v) is 5.21. The van der Waals surface area contributed by atoms with E-state index in [4.69, 9.17) is 16.3 Å². The predicted molar refractivity (Wildman–Crippen MR) is 74.7 cm³/mol. The Morgan fingerprint density at radius 1 is 1.16 bits per heavy atom. The summed E-state index contributed by atoms with van der Waals surface area (Å²) >= 11 is 9.42. The van der Waals surface area contributed by atoms with Gasteiger partial charge in [0.2, 0.25) is 0 Å². The van der Waals surface area contributed by atoms with E-state index in [0.29, 0.717) is 21.3 Å². The molecule has 1 unspecified atom stereocenters. The van der Waals surface area contributed by atoms with E-state index in [1.807, 2.05) is 0 Å². The van der Waals surface area contributed by atoms with Gasteiger partial charge in [0.25, 0.3) is 0 Å². The molecule has 5 heteroatoms. The van der Waals surface area contributed by atoms with Gasteiger partial charge in [-0.3, -0.25) is 0 Å². The fourth-order valence-electron chi connectivity index (χ4n) is 1.75. The van der Waals surface area contributed by atoms with E-state index in [1.54, 1.807) is 12.1 Å². The van der Waals surface area contributed by atoms with Crippen molar-refractivity contribution in [2.24, 2.45) is 0 Å². The first-order chi connectivity index (χ1) is 9.02. The van der Waals surface area contributed by atoms with E-state index in [1.165, 1.54) is 31.4 Å². The average molecular weight is 348 g/mol. The van der Waals surface area contributed by atoms with E-state index in [2.05, 4.69) is 15.9 Å². The van der Waals surface area contributed by atoms with Crippen molar-refractivity contribution in [3.63, 3.8) is 0 Å². The van der Waals surface area contributed by atoms with E-state index < -0.39 is 11.2 Å². The van der Waals surface area contributed by atoms with Gasteiger partial charge in [0.15, 0.2) is 0 Å². The third-order valence-corrected chi connectivity index (χ3v) is 3.80. The van der Waals surface area contributed by atoms with Crippen LogP contribution in [0.15, 0.2) is 40.9 Å². The highest BCUT2D eigenvalue weighted by molar-refractivity contribution is 9.10. The van der Waals surface area contributed by atoms with Crippen LogP contribution >= 0.6 is 27.5 Å². The predicted octanol–water partition coefficient (Wildman–Crippen LogP) is 5.06. The Balaban J connectivity index is 2.45. The van der Waals surface area contributed by atoms with Crippen LogP contribution in [0.2, 0.25) is 0 Å². The number of methoxy groups -OCH3 is 1. The zero-order valence-electron chi connectivity index (χ0n) is 9.96. The summed E-state index contributed by atoms with van der Waals surface area (Å²) in [5.74, 6) is -0.289. The van der Waals surface area contributed by atoms with Crippen LogP contribution in [-0.4, -0.2) is 7.11 Å². The highest BCUT2D eigenvalue weighted by atomic mass is 79.9. The van der Waals surface area contributed by atoms with Gasteiger partial charge in [-0.1, -0.05) is 6.07 Å². The lowest BCUT2D eigenvalue weighted by molar-refractivity contribution is 0.409. The summed E-state index contributed by atoms with van der Waals surface area (Å²) in [7, 11) is 1.49. The van der Waals surface area contributed by atoms with Crippen molar-refractivity contribution >= 4 is 27.5 Å².